The van der Waals surface area contributed by atoms with Crippen LogP contribution in [0.3, 0.4) is 0 Å². The van der Waals surface area contributed by atoms with Crippen molar-refractivity contribution < 1.29 is 4.79 Å². The predicted molar refractivity (Wildman–Crippen MR) is 120 cm³/mol. The predicted octanol–water partition coefficient (Wildman–Crippen LogP) is 4.66. The first-order valence-electron chi connectivity index (χ1n) is 9.60. The van der Waals surface area contributed by atoms with E-state index >= 15 is 0 Å². The summed E-state index contributed by atoms with van der Waals surface area (Å²) in [5.41, 5.74) is 4.91. The molecule has 1 fully saturated rings. The Morgan fingerprint density at radius 2 is 1.75 bits per heavy atom. The van der Waals surface area contributed by atoms with Crippen molar-refractivity contribution in [3.05, 3.63) is 53.1 Å². The Balaban J connectivity index is 1.34. The topological polar surface area (TPSA) is 36.4 Å². The van der Waals surface area contributed by atoms with E-state index in [1.165, 1.54) is 21.4 Å². The second-order valence-corrected chi connectivity index (χ2v) is 9.38. The number of amides is 1. The van der Waals surface area contributed by atoms with Crippen molar-refractivity contribution in [2.24, 2.45) is 0 Å². The van der Waals surface area contributed by atoms with Crippen molar-refractivity contribution in [2.45, 2.75) is 25.7 Å². The van der Waals surface area contributed by atoms with E-state index in [-0.39, 0.29) is 5.91 Å². The summed E-state index contributed by atoms with van der Waals surface area (Å²) in [6, 6.07) is 12.7. The number of benzene rings is 2. The van der Waals surface area contributed by atoms with Crippen molar-refractivity contribution in [1.82, 2.24) is 9.88 Å². The van der Waals surface area contributed by atoms with Crippen LogP contribution in [0.15, 0.2) is 41.3 Å². The first kappa shape index (κ1) is 19.3. The lowest BCUT2D eigenvalue weighted by atomic mass is 10.1. The molecule has 0 radical (unpaired) electrons. The molecule has 146 valence electrons. The van der Waals surface area contributed by atoms with Crippen molar-refractivity contribution in [1.29, 1.82) is 0 Å². The maximum Gasteiger partial charge on any atom is 0.233 e. The zero-order chi connectivity index (χ0) is 19.7. The van der Waals surface area contributed by atoms with Crippen LogP contribution in [-0.4, -0.2) is 47.7 Å². The average molecular weight is 412 g/mol. The van der Waals surface area contributed by atoms with Crippen LogP contribution in [0.5, 0.6) is 0 Å². The number of thioether (sulfide) groups is 1. The van der Waals surface area contributed by atoms with Gasteiger partial charge in [-0.05, 0) is 50.1 Å². The number of anilines is 1. The van der Waals surface area contributed by atoms with E-state index in [1.54, 1.807) is 23.1 Å². The Bertz CT molecular complexity index is 989. The molecule has 1 aliphatic heterocycles. The summed E-state index contributed by atoms with van der Waals surface area (Å²) >= 11 is 3.37. The summed E-state index contributed by atoms with van der Waals surface area (Å²) in [4.78, 5) is 22.9. The maximum absolute atomic E-state index is 12.6. The van der Waals surface area contributed by atoms with E-state index < -0.39 is 0 Å². The molecule has 0 saturated carbocycles. The summed E-state index contributed by atoms with van der Waals surface area (Å²) in [6.45, 7) is 9.57. The molecule has 2 heterocycles. The van der Waals surface area contributed by atoms with Crippen LogP contribution in [0.2, 0.25) is 0 Å². The molecule has 1 saturated heterocycles. The minimum Gasteiger partial charge on any atom is -0.345 e. The van der Waals surface area contributed by atoms with Gasteiger partial charge >= 0.3 is 0 Å². The average Bonchev–Trinajstić information content (AvgIpc) is 3.15. The molecular weight excluding hydrogens is 386 g/mol. The Labute approximate surface area is 174 Å². The van der Waals surface area contributed by atoms with Crippen LogP contribution < -0.4 is 4.90 Å². The van der Waals surface area contributed by atoms with Crippen LogP contribution >= 0.6 is 23.1 Å². The number of hydrogen-bond acceptors (Lipinski definition) is 5. The fourth-order valence-corrected chi connectivity index (χ4v) is 5.25. The molecule has 0 bridgehead atoms. The highest BCUT2D eigenvalue weighted by atomic mass is 32.2. The van der Waals surface area contributed by atoms with Crippen LogP contribution in [0.1, 0.15) is 16.7 Å². The first-order valence-corrected chi connectivity index (χ1v) is 11.4. The Morgan fingerprint density at radius 1 is 1.04 bits per heavy atom. The lowest BCUT2D eigenvalue weighted by Crippen LogP contribution is -2.49. The lowest BCUT2D eigenvalue weighted by molar-refractivity contribution is -0.128. The molecule has 3 aromatic rings. The normalized spacial score (nSPS) is 14.7. The van der Waals surface area contributed by atoms with E-state index in [1.807, 2.05) is 4.90 Å². The third kappa shape index (κ3) is 4.03. The van der Waals surface area contributed by atoms with E-state index in [2.05, 4.69) is 62.1 Å². The number of nitrogens with zero attached hydrogens (tertiary/aromatic N) is 3. The molecule has 1 aliphatic rings. The number of rotatable bonds is 4. The van der Waals surface area contributed by atoms with Gasteiger partial charge in [0.15, 0.2) is 5.13 Å². The third-order valence-electron chi connectivity index (χ3n) is 5.36. The number of carbonyl (C=O) groups excluding carboxylic acids is 1. The highest BCUT2D eigenvalue weighted by Crippen LogP contribution is 2.32. The fraction of sp³-hybridized carbons (Fsp3) is 0.364. The number of piperazine rings is 1. The first-order chi connectivity index (χ1) is 13.5. The number of thiazole rings is 1. The van der Waals surface area contributed by atoms with Gasteiger partial charge in [-0.15, -0.1) is 11.8 Å². The van der Waals surface area contributed by atoms with Crippen LogP contribution in [0, 0.1) is 20.8 Å². The molecule has 28 heavy (non-hydrogen) atoms. The zero-order valence-corrected chi connectivity index (χ0v) is 18.2. The number of carbonyl (C=O) groups is 1. The van der Waals surface area contributed by atoms with E-state index in [0.717, 1.165) is 41.7 Å². The van der Waals surface area contributed by atoms with Crippen molar-refractivity contribution in [3.8, 4) is 0 Å². The summed E-state index contributed by atoms with van der Waals surface area (Å²) in [6.07, 6.45) is 0. The molecule has 6 heteroatoms. The van der Waals surface area contributed by atoms with Gasteiger partial charge in [0, 0.05) is 31.1 Å². The van der Waals surface area contributed by atoms with Gasteiger partial charge in [-0.1, -0.05) is 35.1 Å². The number of fused-ring (bicyclic) bond motifs is 1. The van der Waals surface area contributed by atoms with Crippen LogP contribution in [0.25, 0.3) is 10.2 Å². The van der Waals surface area contributed by atoms with Gasteiger partial charge < -0.3 is 9.80 Å². The number of hydrogen-bond donors (Lipinski definition) is 0. The third-order valence-corrected chi connectivity index (χ3v) is 7.44. The zero-order valence-electron chi connectivity index (χ0n) is 16.6. The molecule has 0 atom stereocenters. The molecule has 0 spiro atoms. The summed E-state index contributed by atoms with van der Waals surface area (Å²) in [5, 5.41) is 1.07. The lowest BCUT2D eigenvalue weighted by Gasteiger charge is -2.34. The highest BCUT2D eigenvalue weighted by molar-refractivity contribution is 8.00. The van der Waals surface area contributed by atoms with Crippen molar-refractivity contribution in [2.75, 3.05) is 36.8 Å². The van der Waals surface area contributed by atoms with Gasteiger partial charge in [-0.3, -0.25) is 4.79 Å². The van der Waals surface area contributed by atoms with Gasteiger partial charge in [0.25, 0.3) is 0 Å². The van der Waals surface area contributed by atoms with Gasteiger partial charge in [-0.2, -0.15) is 0 Å². The van der Waals surface area contributed by atoms with Gasteiger partial charge in [0.1, 0.15) is 0 Å². The Kier molecular flexibility index (Phi) is 5.60. The van der Waals surface area contributed by atoms with E-state index in [4.69, 9.17) is 4.98 Å². The molecule has 0 aliphatic carbocycles. The second kappa shape index (κ2) is 8.13. The van der Waals surface area contributed by atoms with Gasteiger partial charge in [0.2, 0.25) is 5.91 Å². The minimum atomic E-state index is 0.223. The van der Waals surface area contributed by atoms with Crippen LogP contribution in [0.4, 0.5) is 5.13 Å². The Hall–Kier alpha value is -2.05. The van der Waals surface area contributed by atoms with Gasteiger partial charge in [-0.25, -0.2) is 4.98 Å². The smallest absolute Gasteiger partial charge is 0.233 e. The van der Waals surface area contributed by atoms with Crippen molar-refractivity contribution in [3.63, 3.8) is 0 Å². The molecule has 0 unspecified atom stereocenters. The minimum absolute atomic E-state index is 0.223. The standard InChI is InChI=1S/C22H25N3OS2/c1-15-4-7-18(8-5-15)27-14-20(26)24-10-12-25(13-11-24)22-23-21-17(3)16(2)6-9-19(21)28-22/h4-9H,10-14H2,1-3H3. The van der Waals surface area contributed by atoms with E-state index in [9.17, 15) is 4.79 Å². The SMILES string of the molecule is Cc1ccc(SCC(=O)N2CCN(c3nc4c(C)c(C)ccc4s3)CC2)cc1. The largest absolute Gasteiger partial charge is 0.345 e. The van der Waals surface area contributed by atoms with Crippen molar-refractivity contribution >= 4 is 44.4 Å². The number of aryl methyl sites for hydroxylation is 3. The fourth-order valence-electron chi connectivity index (χ4n) is 3.37. The Morgan fingerprint density at radius 3 is 2.46 bits per heavy atom. The second-order valence-electron chi connectivity index (χ2n) is 7.32. The molecule has 1 amide bonds. The summed E-state index contributed by atoms with van der Waals surface area (Å²) in [5.74, 6) is 0.726. The maximum atomic E-state index is 12.6. The van der Waals surface area contributed by atoms with Gasteiger partial charge in [0.05, 0.1) is 16.0 Å². The van der Waals surface area contributed by atoms with Crippen LogP contribution in [-0.2, 0) is 4.79 Å². The molecule has 4 rings (SSSR count). The molecule has 1 aromatic heterocycles. The highest BCUT2D eigenvalue weighted by Gasteiger charge is 2.23. The summed E-state index contributed by atoms with van der Waals surface area (Å²) < 4.78 is 1.24. The molecule has 4 nitrogen and oxygen atoms in total. The monoisotopic (exact) mass is 411 g/mol. The van der Waals surface area contributed by atoms with E-state index in [0.29, 0.717) is 5.75 Å². The summed E-state index contributed by atoms with van der Waals surface area (Å²) in [7, 11) is 0. The molecule has 2 aromatic carbocycles. The number of aromatic nitrogens is 1. The molecule has 0 N–H and O–H groups in total. The molecular formula is C22H25N3OS2. The quantitative estimate of drug-likeness (QED) is 0.585.